The average molecular weight is 383 g/mol. The van der Waals surface area contributed by atoms with Crippen molar-refractivity contribution in [3.63, 3.8) is 0 Å². The molecular weight excluding hydrogens is 356 g/mol. The van der Waals surface area contributed by atoms with Crippen LogP contribution >= 0.6 is 11.3 Å². The molecule has 27 heavy (non-hydrogen) atoms. The molecule has 142 valence electrons. The summed E-state index contributed by atoms with van der Waals surface area (Å²) >= 11 is 1.63. The Balaban J connectivity index is 1.80. The zero-order valence-electron chi connectivity index (χ0n) is 16.2. The highest BCUT2D eigenvalue weighted by Gasteiger charge is 2.20. The highest BCUT2D eigenvalue weighted by atomic mass is 32.1. The minimum Gasteiger partial charge on any atom is -0.347 e. The molecule has 1 unspecified atom stereocenters. The normalized spacial score (nSPS) is 12.2. The first-order valence-electron chi connectivity index (χ1n) is 9.03. The van der Waals surface area contributed by atoms with E-state index in [0.29, 0.717) is 12.5 Å². The van der Waals surface area contributed by atoms with Gasteiger partial charge in [0.2, 0.25) is 0 Å². The Hall–Kier alpha value is -2.51. The molecule has 0 aliphatic carbocycles. The Bertz CT molecular complexity index is 891. The van der Waals surface area contributed by atoms with Gasteiger partial charge >= 0.3 is 0 Å². The summed E-state index contributed by atoms with van der Waals surface area (Å²) in [6.45, 7) is 7.00. The van der Waals surface area contributed by atoms with Crippen molar-refractivity contribution in [1.29, 1.82) is 0 Å². The van der Waals surface area contributed by atoms with Gasteiger partial charge in [-0.15, -0.1) is 0 Å². The van der Waals surface area contributed by atoms with E-state index in [0.717, 1.165) is 32.9 Å². The predicted octanol–water partition coefficient (Wildman–Crippen LogP) is 4.07. The molecule has 0 saturated carbocycles. The standard InChI is InChI=1S/C20H26N6S/c1-13(2)16(11-21)26(4)20-23-12-17(27-20)15-6-5-7-18(24-15)25-19-10-14(3)8-9-22-19/h5-10,12-13,16H,11,21H2,1-4H3,(H,22,24,25). The first-order valence-corrected chi connectivity index (χ1v) is 9.85. The van der Waals surface area contributed by atoms with Gasteiger partial charge in [0.05, 0.1) is 10.6 Å². The summed E-state index contributed by atoms with van der Waals surface area (Å²) in [5.74, 6) is 2.00. The second-order valence-corrected chi connectivity index (χ2v) is 7.93. The summed E-state index contributed by atoms with van der Waals surface area (Å²) < 4.78 is 0. The Kier molecular flexibility index (Phi) is 6.03. The molecule has 3 rings (SSSR count). The van der Waals surface area contributed by atoms with Gasteiger partial charge in [0, 0.05) is 32.0 Å². The summed E-state index contributed by atoms with van der Waals surface area (Å²) in [4.78, 5) is 16.8. The van der Waals surface area contributed by atoms with Crippen LogP contribution in [0.15, 0.2) is 42.7 Å². The molecule has 3 heterocycles. The van der Waals surface area contributed by atoms with Crippen molar-refractivity contribution in [3.05, 3.63) is 48.3 Å². The number of rotatable bonds is 7. The summed E-state index contributed by atoms with van der Waals surface area (Å²) in [5, 5.41) is 4.22. The van der Waals surface area contributed by atoms with Crippen LogP contribution in [0.5, 0.6) is 0 Å². The van der Waals surface area contributed by atoms with Crippen molar-refractivity contribution in [3.8, 4) is 10.6 Å². The van der Waals surface area contributed by atoms with Crippen molar-refractivity contribution >= 4 is 28.1 Å². The van der Waals surface area contributed by atoms with E-state index in [1.54, 1.807) is 17.5 Å². The fourth-order valence-electron chi connectivity index (χ4n) is 2.94. The Labute approximate surface area is 164 Å². The number of anilines is 3. The van der Waals surface area contributed by atoms with E-state index in [-0.39, 0.29) is 6.04 Å². The van der Waals surface area contributed by atoms with Crippen LogP contribution in [0.3, 0.4) is 0 Å². The summed E-state index contributed by atoms with van der Waals surface area (Å²) in [6.07, 6.45) is 3.66. The molecule has 1 atom stereocenters. The molecule has 0 bridgehead atoms. The fourth-order valence-corrected chi connectivity index (χ4v) is 3.85. The smallest absolute Gasteiger partial charge is 0.185 e. The second-order valence-electron chi connectivity index (χ2n) is 6.92. The Morgan fingerprint density at radius 1 is 1.19 bits per heavy atom. The maximum Gasteiger partial charge on any atom is 0.185 e. The van der Waals surface area contributed by atoms with Gasteiger partial charge in [-0.3, -0.25) is 0 Å². The van der Waals surface area contributed by atoms with E-state index in [4.69, 9.17) is 10.7 Å². The molecule has 7 heteroatoms. The molecule has 6 nitrogen and oxygen atoms in total. The highest BCUT2D eigenvalue weighted by molar-refractivity contribution is 7.18. The van der Waals surface area contributed by atoms with Gasteiger partial charge in [0.1, 0.15) is 11.6 Å². The van der Waals surface area contributed by atoms with Gasteiger partial charge in [-0.1, -0.05) is 31.3 Å². The molecule has 0 aliphatic rings. The number of nitrogens with one attached hydrogen (secondary N) is 1. The monoisotopic (exact) mass is 382 g/mol. The SMILES string of the molecule is Cc1ccnc(Nc2cccc(-c3cnc(N(C)C(CN)C(C)C)s3)n2)c1. The first kappa shape index (κ1) is 19.3. The van der Waals surface area contributed by atoms with Gasteiger partial charge in [-0.2, -0.15) is 0 Å². The molecular formula is C20H26N6S. The predicted molar refractivity (Wildman–Crippen MR) is 114 cm³/mol. The van der Waals surface area contributed by atoms with Crippen LogP contribution in [-0.2, 0) is 0 Å². The molecule has 0 radical (unpaired) electrons. The van der Waals surface area contributed by atoms with Crippen molar-refractivity contribution in [2.45, 2.75) is 26.8 Å². The van der Waals surface area contributed by atoms with E-state index < -0.39 is 0 Å². The number of nitrogens with zero attached hydrogens (tertiary/aromatic N) is 4. The van der Waals surface area contributed by atoms with Crippen LogP contribution in [0.4, 0.5) is 16.8 Å². The van der Waals surface area contributed by atoms with E-state index in [1.165, 1.54) is 0 Å². The molecule has 0 aliphatic heterocycles. The summed E-state index contributed by atoms with van der Waals surface area (Å²) in [5.41, 5.74) is 7.98. The van der Waals surface area contributed by atoms with Gasteiger partial charge in [0.25, 0.3) is 0 Å². The van der Waals surface area contributed by atoms with Gasteiger partial charge < -0.3 is 16.0 Å². The first-order chi connectivity index (χ1) is 13.0. The quantitative estimate of drug-likeness (QED) is 0.641. The Morgan fingerprint density at radius 3 is 2.70 bits per heavy atom. The average Bonchev–Trinajstić information content (AvgIpc) is 3.12. The molecule has 0 saturated heterocycles. The fraction of sp³-hybridized carbons (Fsp3) is 0.350. The van der Waals surface area contributed by atoms with Crippen LogP contribution in [0.2, 0.25) is 0 Å². The summed E-state index contributed by atoms with van der Waals surface area (Å²) in [7, 11) is 2.05. The summed E-state index contributed by atoms with van der Waals surface area (Å²) in [6, 6.07) is 10.1. The number of pyridine rings is 2. The third kappa shape index (κ3) is 4.61. The minimum atomic E-state index is 0.261. The highest BCUT2D eigenvalue weighted by Crippen LogP contribution is 2.32. The maximum absolute atomic E-state index is 5.94. The van der Waals surface area contributed by atoms with Crippen molar-refractivity contribution in [2.75, 3.05) is 23.8 Å². The molecule has 3 aromatic rings. The molecule has 3 N–H and O–H groups in total. The number of hydrogen-bond acceptors (Lipinski definition) is 7. The number of thiazole rings is 1. The molecule has 0 spiro atoms. The van der Waals surface area contributed by atoms with Gasteiger partial charge in [0.15, 0.2) is 5.13 Å². The maximum atomic E-state index is 5.94. The van der Waals surface area contributed by atoms with Crippen molar-refractivity contribution in [2.24, 2.45) is 11.7 Å². The third-order valence-corrected chi connectivity index (χ3v) is 5.59. The topological polar surface area (TPSA) is 80.0 Å². The van der Waals surface area contributed by atoms with E-state index in [2.05, 4.69) is 41.1 Å². The second kappa shape index (κ2) is 8.45. The largest absolute Gasteiger partial charge is 0.347 e. The number of hydrogen-bond donors (Lipinski definition) is 2. The molecule has 0 fully saturated rings. The van der Waals surface area contributed by atoms with Crippen LogP contribution in [0.1, 0.15) is 19.4 Å². The van der Waals surface area contributed by atoms with Crippen LogP contribution in [0.25, 0.3) is 10.6 Å². The number of aromatic nitrogens is 3. The van der Waals surface area contributed by atoms with Crippen LogP contribution in [-0.4, -0.2) is 34.6 Å². The Morgan fingerprint density at radius 2 is 2.00 bits per heavy atom. The lowest BCUT2D eigenvalue weighted by molar-refractivity contribution is 0.479. The zero-order valence-corrected chi connectivity index (χ0v) is 17.0. The molecule has 0 aromatic carbocycles. The van der Waals surface area contributed by atoms with E-state index in [9.17, 15) is 0 Å². The minimum absolute atomic E-state index is 0.261. The van der Waals surface area contributed by atoms with E-state index >= 15 is 0 Å². The number of nitrogens with two attached hydrogens (primary N) is 1. The molecule has 3 aromatic heterocycles. The van der Waals surface area contributed by atoms with Crippen LogP contribution < -0.4 is 16.0 Å². The molecule has 0 amide bonds. The third-order valence-electron chi connectivity index (χ3n) is 4.48. The number of aryl methyl sites for hydroxylation is 1. The lowest BCUT2D eigenvalue weighted by atomic mass is 10.0. The van der Waals surface area contributed by atoms with Gasteiger partial charge in [-0.05, 0) is 42.7 Å². The lowest BCUT2D eigenvalue weighted by Crippen LogP contribution is -2.41. The number of likely N-dealkylation sites (N-methyl/N-ethyl adjacent to an activating group) is 1. The van der Waals surface area contributed by atoms with Crippen LogP contribution in [0, 0.1) is 12.8 Å². The van der Waals surface area contributed by atoms with E-state index in [1.807, 2.05) is 43.5 Å². The zero-order chi connectivity index (χ0) is 19.4. The van der Waals surface area contributed by atoms with Crippen molar-refractivity contribution < 1.29 is 0 Å². The van der Waals surface area contributed by atoms with Crippen molar-refractivity contribution in [1.82, 2.24) is 15.0 Å². The lowest BCUT2D eigenvalue weighted by Gasteiger charge is -2.29. The van der Waals surface area contributed by atoms with Gasteiger partial charge in [-0.25, -0.2) is 15.0 Å².